The van der Waals surface area contributed by atoms with Gasteiger partial charge in [0.2, 0.25) is 0 Å². The maximum Gasteiger partial charge on any atom is 0.338 e. The molecule has 1 aromatic carbocycles. The van der Waals surface area contributed by atoms with E-state index in [0.717, 1.165) is 6.42 Å². The summed E-state index contributed by atoms with van der Waals surface area (Å²) in [5.74, 6) is -0.258. The molecule has 1 aromatic rings. The lowest BCUT2D eigenvalue weighted by atomic mass is 10.2. The van der Waals surface area contributed by atoms with E-state index < -0.39 is 0 Å². The lowest BCUT2D eigenvalue weighted by Crippen LogP contribution is -2.05. The van der Waals surface area contributed by atoms with Crippen molar-refractivity contribution in [2.45, 2.75) is 13.3 Å². The molecule has 0 fully saturated rings. The number of carbonyl (C=O) groups is 1. The molecule has 12 heavy (non-hydrogen) atoms. The summed E-state index contributed by atoms with van der Waals surface area (Å²) in [6.45, 7) is 2.45. The van der Waals surface area contributed by atoms with E-state index in [-0.39, 0.29) is 5.97 Å². The zero-order valence-corrected chi connectivity index (χ0v) is 7.04. The molecule has 0 N–H and O–H groups in total. The van der Waals surface area contributed by atoms with Crippen molar-refractivity contribution in [1.82, 2.24) is 0 Å². The van der Waals surface area contributed by atoms with Crippen molar-refractivity contribution in [2.24, 2.45) is 0 Å². The van der Waals surface area contributed by atoms with Gasteiger partial charge in [-0.2, -0.15) is 0 Å². The van der Waals surface area contributed by atoms with Crippen LogP contribution < -0.4 is 0 Å². The molecule has 0 aliphatic rings. The first kappa shape index (κ1) is 8.78. The van der Waals surface area contributed by atoms with Crippen molar-refractivity contribution in [3.05, 3.63) is 35.9 Å². The Morgan fingerprint density at radius 2 is 2.17 bits per heavy atom. The van der Waals surface area contributed by atoms with E-state index in [1.807, 2.05) is 6.92 Å². The highest BCUT2D eigenvalue weighted by Gasteiger charge is 2.03. The molecule has 0 heterocycles. The lowest BCUT2D eigenvalue weighted by molar-refractivity contribution is 0.0505. The zero-order chi connectivity index (χ0) is 8.81. The van der Waals surface area contributed by atoms with E-state index in [2.05, 4.69) is 6.07 Å². The normalized spacial score (nSPS) is 9.42. The largest absolute Gasteiger partial charge is 0.462 e. The highest BCUT2D eigenvalue weighted by atomic mass is 16.5. The smallest absolute Gasteiger partial charge is 0.338 e. The van der Waals surface area contributed by atoms with Crippen LogP contribution in [0.5, 0.6) is 0 Å². The average molecular weight is 163 g/mol. The van der Waals surface area contributed by atoms with E-state index in [1.165, 1.54) is 0 Å². The molecule has 1 rings (SSSR count). The van der Waals surface area contributed by atoms with Crippen LogP contribution in [0.2, 0.25) is 0 Å². The number of hydrogen-bond donors (Lipinski definition) is 0. The number of carbonyl (C=O) groups excluding carboxylic acids is 1. The highest BCUT2D eigenvalue weighted by Crippen LogP contribution is 2.00. The van der Waals surface area contributed by atoms with Crippen LogP contribution in [0, 0.1) is 6.07 Å². The first-order valence-electron chi connectivity index (χ1n) is 3.98. The van der Waals surface area contributed by atoms with Gasteiger partial charge in [-0.15, -0.1) is 0 Å². The van der Waals surface area contributed by atoms with E-state index in [9.17, 15) is 4.79 Å². The molecule has 0 bridgehead atoms. The SMILES string of the molecule is CCCOC(=O)c1cc[c]cc1. The average Bonchev–Trinajstić information content (AvgIpc) is 2.15. The van der Waals surface area contributed by atoms with Crippen molar-refractivity contribution in [1.29, 1.82) is 0 Å². The molecule has 0 amide bonds. The summed E-state index contributed by atoms with van der Waals surface area (Å²) >= 11 is 0. The van der Waals surface area contributed by atoms with Crippen molar-refractivity contribution in [2.75, 3.05) is 6.61 Å². The lowest BCUT2D eigenvalue weighted by Gasteiger charge is -2.01. The van der Waals surface area contributed by atoms with Gasteiger partial charge in [0.05, 0.1) is 12.2 Å². The number of benzene rings is 1. The molecule has 63 valence electrons. The Labute approximate surface area is 72.2 Å². The monoisotopic (exact) mass is 163 g/mol. The molecular formula is C10H11O2. The van der Waals surface area contributed by atoms with E-state index >= 15 is 0 Å². The van der Waals surface area contributed by atoms with Crippen LogP contribution in [-0.2, 0) is 4.74 Å². The summed E-state index contributed by atoms with van der Waals surface area (Å²) in [5, 5.41) is 0. The molecular weight excluding hydrogens is 152 g/mol. The van der Waals surface area contributed by atoms with Gasteiger partial charge in [-0.05, 0) is 24.6 Å². The predicted molar refractivity (Wildman–Crippen MR) is 45.9 cm³/mol. The van der Waals surface area contributed by atoms with Crippen LogP contribution in [0.4, 0.5) is 0 Å². The fourth-order valence-electron chi connectivity index (χ4n) is 0.801. The summed E-state index contributed by atoms with van der Waals surface area (Å²) in [7, 11) is 0. The van der Waals surface area contributed by atoms with Gasteiger partial charge >= 0.3 is 5.97 Å². The molecule has 1 radical (unpaired) electrons. The molecule has 0 spiro atoms. The molecule has 2 heteroatoms. The predicted octanol–water partition coefficient (Wildman–Crippen LogP) is 2.05. The van der Waals surface area contributed by atoms with Crippen LogP contribution in [0.25, 0.3) is 0 Å². The first-order chi connectivity index (χ1) is 5.84. The Balaban J connectivity index is 2.54. The van der Waals surface area contributed by atoms with Crippen LogP contribution >= 0.6 is 0 Å². The third-order valence-corrected chi connectivity index (χ3v) is 1.39. The summed E-state index contributed by atoms with van der Waals surface area (Å²) in [4.78, 5) is 11.2. The highest BCUT2D eigenvalue weighted by molar-refractivity contribution is 5.89. The minimum absolute atomic E-state index is 0.258. The van der Waals surface area contributed by atoms with Crippen LogP contribution in [0.1, 0.15) is 23.7 Å². The number of hydrogen-bond acceptors (Lipinski definition) is 2. The second-order valence-electron chi connectivity index (χ2n) is 2.42. The first-order valence-corrected chi connectivity index (χ1v) is 3.98. The Morgan fingerprint density at radius 1 is 1.50 bits per heavy atom. The topological polar surface area (TPSA) is 26.3 Å². The molecule has 0 unspecified atom stereocenters. The molecule has 0 saturated carbocycles. The second-order valence-corrected chi connectivity index (χ2v) is 2.42. The second kappa shape index (κ2) is 4.54. The molecule has 0 atom stereocenters. The van der Waals surface area contributed by atoms with Gasteiger partial charge in [0.1, 0.15) is 0 Å². The van der Waals surface area contributed by atoms with Crippen LogP contribution in [0.3, 0.4) is 0 Å². The fraction of sp³-hybridized carbons (Fsp3) is 0.300. The van der Waals surface area contributed by atoms with Gasteiger partial charge in [-0.1, -0.05) is 19.1 Å². The third-order valence-electron chi connectivity index (χ3n) is 1.39. The Bertz CT molecular complexity index is 241. The minimum Gasteiger partial charge on any atom is -0.462 e. The van der Waals surface area contributed by atoms with Gasteiger partial charge in [0.15, 0.2) is 0 Å². The summed E-state index contributed by atoms with van der Waals surface area (Å²) in [6, 6.07) is 9.61. The maximum absolute atomic E-state index is 11.2. The quantitative estimate of drug-likeness (QED) is 0.637. The van der Waals surface area contributed by atoms with Gasteiger partial charge < -0.3 is 4.74 Å². The molecule has 0 aliphatic heterocycles. The van der Waals surface area contributed by atoms with Gasteiger partial charge in [0.25, 0.3) is 0 Å². The molecule has 0 aliphatic carbocycles. The third kappa shape index (κ3) is 2.38. The minimum atomic E-state index is -0.258. The number of esters is 1. The summed E-state index contributed by atoms with van der Waals surface area (Å²) in [6.07, 6.45) is 0.852. The Kier molecular flexibility index (Phi) is 3.33. The van der Waals surface area contributed by atoms with Crippen molar-refractivity contribution in [3.8, 4) is 0 Å². The van der Waals surface area contributed by atoms with Crippen LogP contribution in [0.15, 0.2) is 24.3 Å². The van der Waals surface area contributed by atoms with Gasteiger partial charge in [0, 0.05) is 0 Å². The van der Waals surface area contributed by atoms with E-state index in [1.54, 1.807) is 24.3 Å². The Hall–Kier alpha value is -1.31. The fourth-order valence-corrected chi connectivity index (χ4v) is 0.801. The van der Waals surface area contributed by atoms with Crippen molar-refractivity contribution >= 4 is 5.97 Å². The maximum atomic E-state index is 11.2. The summed E-state index contributed by atoms with van der Waals surface area (Å²) < 4.78 is 4.92. The van der Waals surface area contributed by atoms with Gasteiger partial charge in [-0.25, -0.2) is 4.79 Å². The molecule has 0 saturated heterocycles. The summed E-state index contributed by atoms with van der Waals surface area (Å²) in [5.41, 5.74) is 0.585. The standard InChI is InChI=1S/C10H11O2/c1-2-8-12-10(11)9-6-4-3-5-7-9/h4-7H,2,8H2,1H3. The number of rotatable bonds is 3. The number of ether oxygens (including phenoxy) is 1. The zero-order valence-electron chi connectivity index (χ0n) is 7.04. The van der Waals surface area contributed by atoms with Crippen molar-refractivity contribution < 1.29 is 9.53 Å². The van der Waals surface area contributed by atoms with Crippen LogP contribution in [-0.4, -0.2) is 12.6 Å². The van der Waals surface area contributed by atoms with Crippen molar-refractivity contribution in [3.63, 3.8) is 0 Å². The Morgan fingerprint density at radius 3 is 2.75 bits per heavy atom. The van der Waals surface area contributed by atoms with E-state index in [4.69, 9.17) is 4.74 Å². The van der Waals surface area contributed by atoms with E-state index in [0.29, 0.717) is 12.2 Å². The van der Waals surface area contributed by atoms with Gasteiger partial charge in [-0.3, -0.25) is 0 Å². The molecule has 2 nitrogen and oxygen atoms in total. The molecule has 0 aromatic heterocycles.